The van der Waals surface area contributed by atoms with Crippen molar-refractivity contribution in [3.05, 3.63) is 23.5 Å². The number of nitrogens with zero attached hydrogens (tertiary/aromatic N) is 4. The van der Waals surface area contributed by atoms with Crippen LogP contribution in [0.4, 0.5) is 0 Å². The Hall–Kier alpha value is -2.44. The van der Waals surface area contributed by atoms with Gasteiger partial charge in [0.05, 0.1) is 29.1 Å². The zero-order chi connectivity index (χ0) is 17.4. The molecule has 2 unspecified atom stereocenters. The van der Waals surface area contributed by atoms with Crippen LogP contribution < -0.4 is 0 Å². The van der Waals surface area contributed by atoms with E-state index in [2.05, 4.69) is 23.9 Å². The number of likely N-dealkylation sites (tertiary alicyclic amines) is 1. The van der Waals surface area contributed by atoms with Gasteiger partial charge in [-0.1, -0.05) is 6.92 Å². The Balaban J connectivity index is 1.99. The van der Waals surface area contributed by atoms with Crippen molar-refractivity contribution in [2.45, 2.75) is 39.7 Å². The largest absolute Gasteiger partial charge is 0.481 e. The molecule has 1 saturated heterocycles. The molecule has 0 radical (unpaired) electrons. The summed E-state index contributed by atoms with van der Waals surface area (Å²) in [5.74, 6) is -1.46. The second-order valence-electron chi connectivity index (χ2n) is 6.47. The maximum atomic E-state index is 12.9. The lowest BCUT2D eigenvalue weighted by molar-refractivity contribution is -0.141. The fourth-order valence-electron chi connectivity index (χ4n) is 3.13. The first-order valence-corrected chi connectivity index (χ1v) is 8.29. The lowest BCUT2D eigenvalue weighted by atomic mass is 10.1. The zero-order valence-corrected chi connectivity index (χ0v) is 14.2. The molecule has 1 N–H and O–H groups in total. The molecule has 7 heteroatoms. The van der Waals surface area contributed by atoms with E-state index in [4.69, 9.17) is 5.11 Å². The van der Waals surface area contributed by atoms with E-state index in [1.807, 2.05) is 11.6 Å². The van der Waals surface area contributed by atoms with Gasteiger partial charge < -0.3 is 10.0 Å². The highest BCUT2D eigenvalue weighted by Gasteiger charge is 2.32. The maximum Gasteiger partial charge on any atom is 0.308 e. The summed E-state index contributed by atoms with van der Waals surface area (Å²) in [7, 11) is 0. The molecule has 7 nitrogen and oxygen atoms in total. The Labute approximate surface area is 140 Å². The number of fused-ring (bicyclic) bond motifs is 1. The fourth-order valence-corrected chi connectivity index (χ4v) is 3.13. The molecule has 1 fully saturated rings. The van der Waals surface area contributed by atoms with Crippen LogP contribution in [-0.2, 0) is 4.79 Å². The number of aromatic nitrogens is 3. The minimum atomic E-state index is -0.842. The van der Waals surface area contributed by atoms with Crippen molar-refractivity contribution < 1.29 is 14.7 Å². The van der Waals surface area contributed by atoms with E-state index in [1.54, 1.807) is 17.2 Å². The van der Waals surface area contributed by atoms with Crippen molar-refractivity contribution in [2.75, 3.05) is 13.1 Å². The van der Waals surface area contributed by atoms with Crippen LogP contribution in [0.25, 0.3) is 11.0 Å². The SMILES string of the molecule is CCC(C)n1ncc2c(C(=O)N3CCC(C(=O)O)C3)cc(C)nc21. The Bertz CT molecular complexity index is 798. The second kappa shape index (κ2) is 6.22. The number of carboxylic acids is 1. The number of aryl methyl sites for hydroxylation is 1. The van der Waals surface area contributed by atoms with Crippen LogP contribution in [-0.4, -0.2) is 49.7 Å². The van der Waals surface area contributed by atoms with Gasteiger partial charge in [0.25, 0.3) is 5.91 Å². The first kappa shape index (κ1) is 16.4. The van der Waals surface area contributed by atoms with E-state index >= 15 is 0 Å². The summed E-state index contributed by atoms with van der Waals surface area (Å²) in [5.41, 5.74) is 2.02. The molecule has 0 aromatic carbocycles. The highest BCUT2D eigenvalue weighted by Crippen LogP contribution is 2.25. The number of carboxylic acid groups (broad SMARTS) is 1. The van der Waals surface area contributed by atoms with Crippen LogP contribution >= 0.6 is 0 Å². The summed E-state index contributed by atoms with van der Waals surface area (Å²) < 4.78 is 1.85. The first-order chi connectivity index (χ1) is 11.4. The van der Waals surface area contributed by atoms with E-state index in [-0.39, 0.29) is 18.5 Å². The van der Waals surface area contributed by atoms with Gasteiger partial charge in [0.15, 0.2) is 5.65 Å². The molecule has 0 bridgehead atoms. The first-order valence-electron chi connectivity index (χ1n) is 8.29. The predicted molar refractivity (Wildman–Crippen MR) is 88.9 cm³/mol. The van der Waals surface area contributed by atoms with Crippen LogP contribution in [0.1, 0.15) is 48.8 Å². The molecule has 24 heavy (non-hydrogen) atoms. The Morgan fingerprint density at radius 3 is 2.83 bits per heavy atom. The summed E-state index contributed by atoms with van der Waals surface area (Å²) in [6.45, 7) is 6.73. The van der Waals surface area contributed by atoms with Crippen molar-refractivity contribution in [3.63, 3.8) is 0 Å². The average molecular weight is 330 g/mol. The van der Waals surface area contributed by atoms with Gasteiger partial charge in [0.2, 0.25) is 0 Å². The summed E-state index contributed by atoms with van der Waals surface area (Å²) in [6, 6.07) is 1.96. The number of amides is 1. The molecule has 0 aliphatic carbocycles. The highest BCUT2D eigenvalue weighted by molar-refractivity contribution is 6.05. The minimum Gasteiger partial charge on any atom is -0.481 e. The van der Waals surface area contributed by atoms with Crippen LogP contribution in [0.2, 0.25) is 0 Å². The molecular formula is C17H22N4O3. The number of hydrogen-bond acceptors (Lipinski definition) is 4. The quantitative estimate of drug-likeness (QED) is 0.929. The third kappa shape index (κ3) is 2.74. The summed E-state index contributed by atoms with van der Waals surface area (Å²) >= 11 is 0. The molecule has 2 atom stereocenters. The lowest BCUT2D eigenvalue weighted by Gasteiger charge is -2.17. The molecule has 0 saturated carbocycles. The summed E-state index contributed by atoms with van der Waals surface area (Å²) in [4.78, 5) is 30.2. The molecule has 2 aromatic rings. The van der Waals surface area contributed by atoms with Gasteiger partial charge in [-0.05, 0) is 32.8 Å². The molecule has 1 aliphatic heterocycles. The van der Waals surface area contributed by atoms with Crippen molar-refractivity contribution in [3.8, 4) is 0 Å². The van der Waals surface area contributed by atoms with Crippen LogP contribution in [0, 0.1) is 12.8 Å². The number of carbonyl (C=O) groups is 2. The average Bonchev–Trinajstić information content (AvgIpc) is 3.19. The molecular weight excluding hydrogens is 308 g/mol. The number of rotatable bonds is 4. The Morgan fingerprint density at radius 2 is 2.21 bits per heavy atom. The van der Waals surface area contributed by atoms with E-state index in [9.17, 15) is 9.59 Å². The van der Waals surface area contributed by atoms with Gasteiger partial charge in [0.1, 0.15) is 0 Å². The van der Waals surface area contributed by atoms with E-state index in [1.165, 1.54) is 0 Å². The predicted octanol–water partition coefficient (Wildman–Crippen LogP) is 2.26. The highest BCUT2D eigenvalue weighted by atomic mass is 16.4. The molecule has 3 heterocycles. The summed E-state index contributed by atoms with van der Waals surface area (Å²) in [5, 5.41) is 14.3. The van der Waals surface area contributed by atoms with Gasteiger partial charge in [-0.3, -0.25) is 9.59 Å². The molecule has 3 rings (SSSR count). The van der Waals surface area contributed by atoms with E-state index in [0.29, 0.717) is 24.2 Å². The number of aliphatic carboxylic acids is 1. The second-order valence-corrected chi connectivity index (χ2v) is 6.47. The minimum absolute atomic E-state index is 0.141. The molecule has 128 valence electrons. The van der Waals surface area contributed by atoms with Gasteiger partial charge in [-0.2, -0.15) is 5.10 Å². The normalized spacial score (nSPS) is 19.0. The van der Waals surface area contributed by atoms with Gasteiger partial charge in [-0.15, -0.1) is 0 Å². The molecule has 1 aliphatic rings. The molecule has 1 amide bonds. The monoisotopic (exact) mass is 330 g/mol. The summed E-state index contributed by atoms with van der Waals surface area (Å²) in [6.07, 6.45) is 3.11. The van der Waals surface area contributed by atoms with Gasteiger partial charge in [0, 0.05) is 18.8 Å². The van der Waals surface area contributed by atoms with E-state index in [0.717, 1.165) is 17.5 Å². The van der Waals surface area contributed by atoms with Gasteiger partial charge in [-0.25, -0.2) is 9.67 Å². The zero-order valence-electron chi connectivity index (χ0n) is 14.2. The van der Waals surface area contributed by atoms with Crippen molar-refractivity contribution in [2.24, 2.45) is 5.92 Å². The molecule has 2 aromatic heterocycles. The smallest absolute Gasteiger partial charge is 0.308 e. The lowest BCUT2D eigenvalue weighted by Crippen LogP contribution is -2.30. The topological polar surface area (TPSA) is 88.3 Å². The van der Waals surface area contributed by atoms with Crippen molar-refractivity contribution >= 4 is 22.9 Å². The number of carbonyl (C=O) groups excluding carboxylic acids is 1. The number of pyridine rings is 1. The maximum absolute atomic E-state index is 12.9. The Kier molecular flexibility index (Phi) is 4.26. The third-order valence-electron chi connectivity index (χ3n) is 4.76. The van der Waals surface area contributed by atoms with Gasteiger partial charge >= 0.3 is 5.97 Å². The fraction of sp³-hybridized carbons (Fsp3) is 0.529. The number of hydrogen-bond donors (Lipinski definition) is 1. The van der Waals surface area contributed by atoms with Crippen LogP contribution in [0.3, 0.4) is 0 Å². The van der Waals surface area contributed by atoms with Crippen molar-refractivity contribution in [1.29, 1.82) is 0 Å². The Morgan fingerprint density at radius 1 is 1.46 bits per heavy atom. The van der Waals surface area contributed by atoms with E-state index < -0.39 is 11.9 Å². The van der Waals surface area contributed by atoms with Crippen LogP contribution in [0.15, 0.2) is 12.3 Å². The standard InChI is InChI=1S/C17H22N4O3/c1-4-11(3)21-15-14(8-18-21)13(7-10(2)19-15)16(22)20-6-5-12(9-20)17(23)24/h7-8,11-12H,4-6,9H2,1-3H3,(H,23,24). The van der Waals surface area contributed by atoms with Crippen molar-refractivity contribution in [1.82, 2.24) is 19.7 Å². The third-order valence-corrected chi connectivity index (χ3v) is 4.76. The van der Waals surface area contributed by atoms with Crippen LogP contribution in [0.5, 0.6) is 0 Å². The molecule has 0 spiro atoms.